The van der Waals surface area contributed by atoms with Crippen molar-refractivity contribution in [3.63, 3.8) is 0 Å². The zero-order valence-corrected chi connectivity index (χ0v) is 14.9. The van der Waals surface area contributed by atoms with Crippen LogP contribution in [0.3, 0.4) is 0 Å². The average molecular weight is 344 g/mol. The number of hydrogen-bond donors (Lipinski definition) is 1. The van der Waals surface area contributed by atoms with Gasteiger partial charge in [-0.15, -0.1) is 0 Å². The molecule has 0 bridgehead atoms. The van der Waals surface area contributed by atoms with Crippen LogP contribution in [0.5, 0.6) is 0 Å². The molecule has 7 nitrogen and oxygen atoms in total. The molecule has 0 radical (unpaired) electrons. The molecule has 0 unspecified atom stereocenters. The molecule has 1 aliphatic rings. The summed E-state index contributed by atoms with van der Waals surface area (Å²) in [5.74, 6) is 0.998. The summed E-state index contributed by atoms with van der Waals surface area (Å²) in [7, 11) is 0. The number of amides is 2. The molecule has 0 saturated carbocycles. The van der Waals surface area contributed by atoms with Crippen LogP contribution in [0, 0.1) is 6.92 Å². The number of ether oxygens (including phenoxy) is 1. The first-order valence-electron chi connectivity index (χ1n) is 8.57. The lowest BCUT2D eigenvalue weighted by Crippen LogP contribution is -2.53. The SMILES string of the molecule is CC[C@H](NC(=O)N1CCO[C@@](C)(c2ccccc2)C1)c1noc(C)n1. The van der Waals surface area contributed by atoms with Crippen molar-refractivity contribution in [2.24, 2.45) is 0 Å². The second kappa shape index (κ2) is 7.23. The van der Waals surface area contributed by atoms with E-state index < -0.39 is 5.60 Å². The van der Waals surface area contributed by atoms with Gasteiger partial charge in [-0.05, 0) is 18.9 Å². The number of morpholine rings is 1. The van der Waals surface area contributed by atoms with Crippen molar-refractivity contribution < 1.29 is 14.1 Å². The highest BCUT2D eigenvalue weighted by Gasteiger charge is 2.36. The molecule has 2 aromatic rings. The summed E-state index contributed by atoms with van der Waals surface area (Å²) in [6.07, 6.45) is 0.686. The highest BCUT2D eigenvalue weighted by atomic mass is 16.5. The van der Waals surface area contributed by atoms with Crippen LogP contribution in [0.15, 0.2) is 34.9 Å². The summed E-state index contributed by atoms with van der Waals surface area (Å²) >= 11 is 0. The van der Waals surface area contributed by atoms with Crippen molar-refractivity contribution in [1.29, 1.82) is 0 Å². The summed E-state index contributed by atoms with van der Waals surface area (Å²) in [6, 6.07) is 9.58. The lowest BCUT2D eigenvalue weighted by Gasteiger charge is -2.41. The second-order valence-electron chi connectivity index (χ2n) is 6.45. The molecule has 1 N–H and O–H groups in total. The van der Waals surface area contributed by atoms with Crippen LogP contribution in [-0.4, -0.2) is 40.8 Å². The number of nitrogens with one attached hydrogen (secondary N) is 1. The lowest BCUT2D eigenvalue weighted by molar-refractivity contribution is -0.0908. The van der Waals surface area contributed by atoms with Gasteiger partial charge in [-0.1, -0.05) is 42.4 Å². The van der Waals surface area contributed by atoms with Gasteiger partial charge in [0.05, 0.1) is 19.2 Å². The molecule has 1 aliphatic heterocycles. The standard InChI is InChI=1S/C18H24N4O3/c1-4-15(16-19-13(2)25-21-16)20-17(23)22-10-11-24-18(3,12-22)14-8-6-5-7-9-14/h5-9,15H,4,10-12H2,1-3H3,(H,20,23)/t15-,18+/m0/s1. The molecule has 0 spiro atoms. The molecule has 0 aliphatic carbocycles. The number of aromatic nitrogens is 2. The zero-order valence-electron chi connectivity index (χ0n) is 14.9. The molecule has 7 heteroatoms. The van der Waals surface area contributed by atoms with Crippen LogP contribution in [0.1, 0.15) is 43.6 Å². The summed E-state index contributed by atoms with van der Waals surface area (Å²) in [5, 5.41) is 6.92. The average Bonchev–Trinajstić information content (AvgIpc) is 3.06. The second-order valence-corrected chi connectivity index (χ2v) is 6.45. The van der Waals surface area contributed by atoms with Crippen molar-refractivity contribution in [3.05, 3.63) is 47.6 Å². The van der Waals surface area contributed by atoms with Crippen molar-refractivity contribution in [1.82, 2.24) is 20.4 Å². The van der Waals surface area contributed by atoms with Crippen LogP contribution in [0.4, 0.5) is 4.79 Å². The summed E-state index contributed by atoms with van der Waals surface area (Å²) in [6.45, 7) is 7.27. The van der Waals surface area contributed by atoms with Crippen LogP contribution >= 0.6 is 0 Å². The molecule has 1 saturated heterocycles. The van der Waals surface area contributed by atoms with E-state index in [9.17, 15) is 4.79 Å². The number of benzene rings is 1. The predicted molar refractivity (Wildman–Crippen MR) is 91.9 cm³/mol. The van der Waals surface area contributed by atoms with Crippen molar-refractivity contribution in [2.75, 3.05) is 19.7 Å². The van der Waals surface area contributed by atoms with Crippen LogP contribution < -0.4 is 5.32 Å². The van der Waals surface area contributed by atoms with E-state index >= 15 is 0 Å². The molecule has 134 valence electrons. The highest BCUT2D eigenvalue weighted by Crippen LogP contribution is 2.29. The molecular weight excluding hydrogens is 320 g/mol. The van der Waals surface area contributed by atoms with E-state index in [0.717, 1.165) is 5.56 Å². The molecule has 2 amide bonds. The van der Waals surface area contributed by atoms with Crippen molar-refractivity contribution in [3.8, 4) is 0 Å². The Hall–Kier alpha value is -2.41. The van der Waals surface area contributed by atoms with E-state index in [0.29, 0.717) is 37.8 Å². The number of urea groups is 1. The Bertz CT molecular complexity index is 718. The van der Waals surface area contributed by atoms with Gasteiger partial charge >= 0.3 is 6.03 Å². The maximum Gasteiger partial charge on any atom is 0.318 e. The van der Waals surface area contributed by atoms with Gasteiger partial charge in [0.25, 0.3) is 0 Å². The van der Waals surface area contributed by atoms with E-state index in [1.54, 1.807) is 11.8 Å². The van der Waals surface area contributed by atoms with E-state index in [4.69, 9.17) is 9.26 Å². The molecule has 25 heavy (non-hydrogen) atoms. The summed E-state index contributed by atoms with van der Waals surface area (Å²) in [5.41, 5.74) is 0.551. The maximum absolute atomic E-state index is 12.7. The maximum atomic E-state index is 12.7. The van der Waals surface area contributed by atoms with E-state index in [2.05, 4.69) is 15.5 Å². The first-order valence-corrected chi connectivity index (χ1v) is 8.57. The van der Waals surface area contributed by atoms with E-state index in [-0.39, 0.29) is 12.1 Å². The number of nitrogens with zero attached hydrogens (tertiary/aromatic N) is 3. The molecule has 1 aromatic carbocycles. The number of rotatable bonds is 4. The van der Waals surface area contributed by atoms with Gasteiger partial charge in [0, 0.05) is 13.5 Å². The van der Waals surface area contributed by atoms with E-state index in [1.807, 2.05) is 44.2 Å². The number of carbonyl (C=O) groups is 1. The minimum atomic E-state index is -0.513. The molecule has 1 fully saturated rings. The molecule has 1 aromatic heterocycles. The predicted octanol–water partition coefficient (Wildman–Crippen LogP) is 2.79. The van der Waals surface area contributed by atoms with Crippen molar-refractivity contribution in [2.45, 2.75) is 38.8 Å². The third-order valence-corrected chi connectivity index (χ3v) is 4.51. The van der Waals surface area contributed by atoms with Gasteiger partial charge < -0.3 is 19.5 Å². The number of carbonyl (C=O) groups excluding carboxylic acids is 1. The Morgan fingerprint density at radius 2 is 2.16 bits per heavy atom. The minimum Gasteiger partial charge on any atom is -0.367 e. The molecule has 2 heterocycles. The molecule has 3 rings (SSSR count). The quantitative estimate of drug-likeness (QED) is 0.922. The molecular formula is C18H24N4O3. The monoisotopic (exact) mass is 344 g/mol. The smallest absolute Gasteiger partial charge is 0.318 e. The van der Waals surface area contributed by atoms with Gasteiger partial charge in [-0.25, -0.2) is 4.79 Å². The van der Waals surface area contributed by atoms with Crippen LogP contribution in [-0.2, 0) is 10.3 Å². The number of aryl methyl sites for hydroxylation is 1. The first kappa shape index (κ1) is 17.4. The minimum absolute atomic E-state index is 0.139. The first-order chi connectivity index (χ1) is 12.0. The zero-order chi connectivity index (χ0) is 17.9. The Balaban J connectivity index is 1.69. The van der Waals surface area contributed by atoms with Crippen LogP contribution in [0.2, 0.25) is 0 Å². The summed E-state index contributed by atoms with van der Waals surface area (Å²) < 4.78 is 11.0. The number of hydrogen-bond acceptors (Lipinski definition) is 5. The highest BCUT2D eigenvalue weighted by molar-refractivity contribution is 5.74. The van der Waals surface area contributed by atoms with Gasteiger partial charge in [0.15, 0.2) is 5.82 Å². The van der Waals surface area contributed by atoms with Crippen LogP contribution in [0.25, 0.3) is 0 Å². The summed E-state index contributed by atoms with van der Waals surface area (Å²) in [4.78, 5) is 18.7. The fraction of sp³-hybridized carbons (Fsp3) is 0.500. The Morgan fingerprint density at radius 1 is 1.40 bits per heavy atom. The van der Waals surface area contributed by atoms with Gasteiger partial charge in [-0.3, -0.25) is 0 Å². The largest absolute Gasteiger partial charge is 0.367 e. The van der Waals surface area contributed by atoms with E-state index in [1.165, 1.54) is 0 Å². The van der Waals surface area contributed by atoms with Gasteiger partial charge in [-0.2, -0.15) is 4.98 Å². The third kappa shape index (κ3) is 3.82. The normalized spacial score (nSPS) is 21.8. The Kier molecular flexibility index (Phi) is 5.03. The Labute approximate surface area is 147 Å². The van der Waals surface area contributed by atoms with Crippen molar-refractivity contribution >= 4 is 6.03 Å². The van der Waals surface area contributed by atoms with Gasteiger partial charge in [0.1, 0.15) is 5.60 Å². The fourth-order valence-electron chi connectivity index (χ4n) is 3.05. The van der Waals surface area contributed by atoms with Gasteiger partial charge in [0.2, 0.25) is 5.89 Å². The third-order valence-electron chi connectivity index (χ3n) is 4.51. The lowest BCUT2D eigenvalue weighted by atomic mass is 9.94. The Morgan fingerprint density at radius 3 is 2.80 bits per heavy atom. The fourth-order valence-corrected chi connectivity index (χ4v) is 3.05. The molecule has 2 atom stereocenters. The topological polar surface area (TPSA) is 80.5 Å².